The number of carbonyl (C=O) groups is 1. The quantitative estimate of drug-likeness (QED) is 0.917. The van der Waals surface area contributed by atoms with Gasteiger partial charge in [-0.2, -0.15) is 0 Å². The second-order valence-corrected chi connectivity index (χ2v) is 5.77. The molecule has 4 heteroatoms. The zero-order chi connectivity index (χ0) is 13.9. The molecule has 0 spiro atoms. The summed E-state index contributed by atoms with van der Waals surface area (Å²) in [5.41, 5.74) is 2.32. The molecule has 2 aliphatic rings. The second-order valence-electron chi connectivity index (χ2n) is 5.77. The van der Waals surface area contributed by atoms with E-state index in [9.17, 15) is 4.79 Å². The molecule has 108 valence electrons. The average Bonchev–Trinajstić information content (AvgIpc) is 2.91. The van der Waals surface area contributed by atoms with Gasteiger partial charge in [0, 0.05) is 32.3 Å². The minimum absolute atomic E-state index is 0.124. The molecule has 20 heavy (non-hydrogen) atoms. The highest BCUT2D eigenvalue weighted by Gasteiger charge is 2.29. The highest BCUT2D eigenvalue weighted by Crippen LogP contribution is 2.26. The molecule has 0 aromatic heterocycles. The summed E-state index contributed by atoms with van der Waals surface area (Å²) in [6.45, 7) is 1.53. The molecule has 1 unspecified atom stereocenters. The van der Waals surface area contributed by atoms with E-state index in [2.05, 4.69) is 11.4 Å². The second kappa shape index (κ2) is 5.83. The molecule has 1 saturated heterocycles. The lowest BCUT2D eigenvalue weighted by molar-refractivity contribution is -0.133. The van der Waals surface area contributed by atoms with E-state index in [1.165, 1.54) is 12.0 Å². The van der Waals surface area contributed by atoms with Crippen LogP contribution in [0.2, 0.25) is 0 Å². The van der Waals surface area contributed by atoms with Gasteiger partial charge in [0.1, 0.15) is 6.04 Å². The van der Waals surface area contributed by atoms with E-state index in [-0.39, 0.29) is 18.1 Å². The van der Waals surface area contributed by atoms with E-state index in [0.29, 0.717) is 6.54 Å². The van der Waals surface area contributed by atoms with Crippen molar-refractivity contribution in [2.45, 2.75) is 37.8 Å². The SMILES string of the molecule is CN(CC1CCCCO1)C(=O)[C@@H]1Cc2ccccc2N1. The number of hydrogen-bond donors (Lipinski definition) is 1. The van der Waals surface area contributed by atoms with Gasteiger partial charge in [-0.05, 0) is 30.9 Å². The third-order valence-electron chi connectivity index (χ3n) is 4.20. The van der Waals surface area contributed by atoms with E-state index in [1.54, 1.807) is 0 Å². The summed E-state index contributed by atoms with van der Waals surface area (Å²) in [7, 11) is 1.88. The Hall–Kier alpha value is -1.55. The first-order valence-electron chi connectivity index (χ1n) is 7.45. The molecular formula is C16H22N2O2. The predicted octanol–water partition coefficient (Wildman–Crippen LogP) is 2.05. The maximum absolute atomic E-state index is 12.5. The Bertz CT molecular complexity index is 458. The third-order valence-corrected chi connectivity index (χ3v) is 4.20. The summed E-state index contributed by atoms with van der Waals surface area (Å²) in [5.74, 6) is 0.162. The highest BCUT2D eigenvalue weighted by molar-refractivity contribution is 5.87. The number of carbonyl (C=O) groups excluding carboxylic acids is 1. The minimum Gasteiger partial charge on any atom is -0.376 e. The molecule has 0 saturated carbocycles. The van der Waals surface area contributed by atoms with Crippen molar-refractivity contribution in [3.05, 3.63) is 29.8 Å². The van der Waals surface area contributed by atoms with Crippen molar-refractivity contribution in [2.75, 3.05) is 25.5 Å². The lowest BCUT2D eigenvalue weighted by Crippen LogP contribution is -2.44. The maximum atomic E-state index is 12.5. The number of para-hydroxylation sites is 1. The van der Waals surface area contributed by atoms with Gasteiger partial charge in [-0.3, -0.25) is 4.79 Å². The van der Waals surface area contributed by atoms with Crippen LogP contribution in [0.4, 0.5) is 5.69 Å². The highest BCUT2D eigenvalue weighted by atomic mass is 16.5. The molecular weight excluding hydrogens is 252 g/mol. The number of nitrogens with one attached hydrogen (secondary N) is 1. The van der Waals surface area contributed by atoms with Crippen LogP contribution in [0, 0.1) is 0 Å². The number of fused-ring (bicyclic) bond motifs is 1. The molecule has 1 N–H and O–H groups in total. The Labute approximate surface area is 120 Å². The van der Waals surface area contributed by atoms with Gasteiger partial charge >= 0.3 is 0 Å². The molecule has 4 nitrogen and oxygen atoms in total. The van der Waals surface area contributed by atoms with Crippen molar-refractivity contribution in [3.8, 4) is 0 Å². The molecule has 1 aromatic carbocycles. The molecule has 1 fully saturated rings. The van der Waals surface area contributed by atoms with Crippen LogP contribution in [-0.2, 0) is 16.0 Å². The molecule has 1 aromatic rings. The van der Waals surface area contributed by atoms with Crippen molar-refractivity contribution in [2.24, 2.45) is 0 Å². The van der Waals surface area contributed by atoms with Crippen molar-refractivity contribution in [3.63, 3.8) is 0 Å². The van der Waals surface area contributed by atoms with Crippen molar-refractivity contribution >= 4 is 11.6 Å². The summed E-state index contributed by atoms with van der Waals surface area (Å²) in [4.78, 5) is 14.3. The molecule has 2 atom stereocenters. The third kappa shape index (κ3) is 2.80. The summed E-state index contributed by atoms with van der Waals surface area (Å²) in [5, 5.41) is 3.32. The topological polar surface area (TPSA) is 41.6 Å². The van der Waals surface area contributed by atoms with E-state index in [0.717, 1.165) is 31.6 Å². The summed E-state index contributed by atoms with van der Waals surface area (Å²) < 4.78 is 5.71. The summed E-state index contributed by atoms with van der Waals surface area (Å²) in [6, 6.07) is 8.01. The Kier molecular flexibility index (Phi) is 3.92. The maximum Gasteiger partial charge on any atom is 0.245 e. The van der Waals surface area contributed by atoms with Gasteiger partial charge in [-0.25, -0.2) is 0 Å². The zero-order valence-electron chi connectivity index (χ0n) is 12.0. The number of amides is 1. The van der Waals surface area contributed by atoms with Crippen molar-refractivity contribution in [1.29, 1.82) is 0 Å². The standard InChI is InChI=1S/C16H22N2O2/c1-18(11-13-7-4-5-9-20-13)16(19)15-10-12-6-2-3-8-14(12)17-15/h2-3,6,8,13,15,17H,4-5,7,9-11H2,1H3/t13?,15-/m0/s1. The molecule has 0 aliphatic carbocycles. The van der Waals surface area contributed by atoms with Gasteiger partial charge in [0.15, 0.2) is 0 Å². The Balaban J connectivity index is 1.57. The number of anilines is 1. The van der Waals surface area contributed by atoms with Gasteiger partial charge in [-0.1, -0.05) is 18.2 Å². The lowest BCUT2D eigenvalue weighted by atomic mass is 10.1. The van der Waals surface area contributed by atoms with Gasteiger partial charge in [0.05, 0.1) is 6.10 Å². The molecule has 3 rings (SSSR count). The zero-order valence-corrected chi connectivity index (χ0v) is 12.0. The van der Waals surface area contributed by atoms with Gasteiger partial charge in [0.25, 0.3) is 0 Å². The average molecular weight is 274 g/mol. The largest absolute Gasteiger partial charge is 0.376 e. The van der Waals surface area contributed by atoms with Crippen molar-refractivity contribution in [1.82, 2.24) is 4.90 Å². The van der Waals surface area contributed by atoms with Crippen LogP contribution in [0.15, 0.2) is 24.3 Å². The van der Waals surface area contributed by atoms with Gasteiger partial charge < -0.3 is 15.0 Å². The molecule has 2 heterocycles. The fourth-order valence-corrected chi connectivity index (χ4v) is 3.06. The number of hydrogen-bond acceptors (Lipinski definition) is 3. The van der Waals surface area contributed by atoms with Crippen LogP contribution in [0.1, 0.15) is 24.8 Å². The number of nitrogens with zero attached hydrogens (tertiary/aromatic N) is 1. The molecule has 0 radical (unpaired) electrons. The Morgan fingerprint density at radius 1 is 1.40 bits per heavy atom. The number of ether oxygens (including phenoxy) is 1. The number of likely N-dealkylation sites (N-methyl/N-ethyl adjacent to an activating group) is 1. The fraction of sp³-hybridized carbons (Fsp3) is 0.562. The van der Waals surface area contributed by atoms with Crippen LogP contribution >= 0.6 is 0 Å². The van der Waals surface area contributed by atoms with Gasteiger partial charge in [-0.15, -0.1) is 0 Å². The van der Waals surface area contributed by atoms with E-state index in [1.807, 2.05) is 30.1 Å². The summed E-state index contributed by atoms with van der Waals surface area (Å²) in [6.07, 6.45) is 4.41. The van der Waals surface area contributed by atoms with Crippen LogP contribution in [-0.4, -0.2) is 43.2 Å². The van der Waals surface area contributed by atoms with Gasteiger partial charge in [0.2, 0.25) is 5.91 Å². The van der Waals surface area contributed by atoms with Crippen LogP contribution in [0.3, 0.4) is 0 Å². The van der Waals surface area contributed by atoms with E-state index < -0.39 is 0 Å². The Morgan fingerprint density at radius 2 is 2.25 bits per heavy atom. The van der Waals surface area contributed by atoms with Crippen LogP contribution in [0.25, 0.3) is 0 Å². The minimum atomic E-state index is -0.124. The number of rotatable bonds is 3. The number of benzene rings is 1. The monoisotopic (exact) mass is 274 g/mol. The normalized spacial score (nSPS) is 24.9. The predicted molar refractivity (Wildman–Crippen MR) is 78.8 cm³/mol. The van der Waals surface area contributed by atoms with E-state index >= 15 is 0 Å². The first-order chi connectivity index (χ1) is 9.74. The smallest absolute Gasteiger partial charge is 0.245 e. The first-order valence-corrected chi connectivity index (χ1v) is 7.45. The van der Waals surface area contributed by atoms with Crippen LogP contribution in [0.5, 0.6) is 0 Å². The van der Waals surface area contributed by atoms with Crippen molar-refractivity contribution < 1.29 is 9.53 Å². The van der Waals surface area contributed by atoms with E-state index in [4.69, 9.17) is 4.74 Å². The Morgan fingerprint density at radius 3 is 3.00 bits per heavy atom. The molecule has 0 bridgehead atoms. The summed E-state index contributed by atoms with van der Waals surface area (Å²) >= 11 is 0. The molecule has 2 aliphatic heterocycles. The van der Waals surface area contributed by atoms with Crippen LogP contribution < -0.4 is 5.32 Å². The lowest BCUT2D eigenvalue weighted by Gasteiger charge is -2.29. The first kappa shape index (κ1) is 13.4. The fourth-order valence-electron chi connectivity index (χ4n) is 3.06. The molecule has 1 amide bonds.